The van der Waals surface area contributed by atoms with Crippen LogP contribution in [0.4, 0.5) is 13.2 Å². The smallest absolute Gasteiger partial charge is 0.422 e. The van der Waals surface area contributed by atoms with E-state index in [0.717, 1.165) is 12.0 Å². The summed E-state index contributed by atoms with van der Waals surface area (Å²) < 4.78 is 41.4. The lowest BCUT2D eigenvalue weighted by atomic mass is 9.89. The van der Waals surface area contributed by atoms with Gasteiger partial charge in [0.15, 0.2) is 6.61 Å². The van der Waals surface area contributed by atoms with Crippen molar-refractivity contribution in [1.82, 2.24) is 4.90 Å². The molecule has 130 valence electrons. The Morgan fingerprint density at radius 3 is 2.09 bits per heavy atom. The fourth-order valence-electron chi connectivity index (χ4n) is 2.28. The number of carbonyl (C=O) groups excluding carboxylic acids is 1. The highest BCUT2D eigenvalue weighted by Gasteiger charge is 2.41. The molecule has 0 heterocycles. The average molecular weight is 331 g/mol. The zero-order chi connectivity index (χ0) is 17.8. The molecule has 0 aliphatic carbocycles. The van der Waals surface area contributed by atoms with Crippen molar-refractivity contribution in [2.24, 2.45) is 5.92 Å². The maximum absolute atomic E-state index is 12.3. The first-order chi connectivity index (χ1) is 10.5. The molecule has 0 radical (unpaired) electrons. The van der Waals surface area contributed by atoms with Gasteiger partial charge in [-0.2, -0.15) is 13.2 Å². The van der Waals surface area contributed by atoms with E-state index in [1.807, 2.05) is 12.1 Å². The molecule has 1 rings (SSSR count). The monoisotopic (exact) mass is 331 g/mol. The second kappa shape index (κ2) is 7.34. The van der Waals surface area contributed by atoms with Crippen LogP contribution in [-0.2, 0) is 21.5 Å². The highest BCUT2D eigenvalue weighted by Crippen LogP contribution is 2.29. The molecular weight excluding hydrogens is 307 g/mol. The Morgan fingerprint density at radius 1 is 1.17 bits per heavy atom. The zero-order valence-corrected chi connectivity index (χ0v) is 14.2. The average Bonchev–Trinajstić information content (AvgIpc) is 2.43. The van der Waals surface area contributed by atoms with Gasteiger partial charge in [0.2, 0.25) is 0 Å². The molecule has 0 N–H and O–H groups in total. The van der Waals surface area contributed by atoms with E-state index in [-0.39, 0.29) is 0 Å². The van der Waals surface area contributed by atoms with Gasteiger partial charge in [0, 0.05) is 0 Å². The molecule has 0 saturated heterocycles. The standard InChI is InChI=1S/C17H24F3NO2/c1-12(2)10-13-6-8-14(9-7-13)16(3,21(4)5)15(22)23-11-17(18,19)20/h6-9,12H,10-11H2,1-5H3. The van der Waals surface area contributed by atoms with Gasteiger partial charge in [-0.25, -0.2) is 4.79 Å². The van der Waals surface area contributed by atoms with Gasteiger partial charge in [-0.3, -0.25) is 4.90 Å². The van der Waals surface area contributed by atoms with Crippen LogP contribution in [0.25, 0.3) is 0 Å². The fourth-order valence-corrected chi connectivity index (χ4v) is 2.28. The Labute approximate surface area is 135 Å². The summed E-state index contributed by atoms with van der Waals surface area (Å²) in [4.78, 5) is 13.8. The number of benzene rings is 1. The molecule has 0 bridgehead atoms. The molecular formula is C17H24F3NO2. The Hall–Kier alpha value is -1.56. The summed E-state index contributed by atoms with van der Waals surface area (Å²) in [5.41, 5.74) is 0.442. The third kappa shape index (κ3) is 5.23. The number of alkyl halides is 3. The lowest BCUT2D eigenvalue weighted by molar-refractivity contribution is -0.193. The van der Waals surface area contributed by atoms with Crippen molar-refractivity contribution in [3.63, 3.8) is 0 Å². The van der Waals surface area contributed by atoms with Crippen LogP contribution in [0.2, 0.25) is 0 Å². The third-order valence-electron chi connectivity index (χ3n) is 3.82. The summed E-state index contributed by atoms with van der Waals surface area (Å²) in [5.74, 6) is -0.422. The minimum atomic E-state index is -4.54. The Morgan fingerprint density at radius 2 is 1.70 bits per heavy atom. The van der Waals surface area contributed by atoms with Gasteiger partial charge < -0.3 is 4.74 Å². The van der Waals surface area contributed by atoms with Crippen LogP contribution < -0.4 is 0 Å². The molecule has 0 aliphatic rings. The number of halogens is 3. The number of likely N-dealkylation sites (N-methyl/N-ethyl adjacent to an activating group) is 1. The molecule has 1 unspecified atom stereocenters. The van der Waals surface area contributed by atoms with E-state index in [9.17, 15) is 18.0 Å². The van der Waals surface area contributed by atoms with Gasteiger partial charge in [-0.15, -0.1) is 0 Å². The fraction of sp³-hybridized carbons (Fsp3) is 0.588. The minimum absolute atomic E-state index is 0.498. The van der Waals surface area contributed by atoms with E-state index >= 15 is 0 Å². The molecule has 1 aromatic carbocycles. The van der Waals surface area contributed by atoms with Crippen LogP contribution in [0.5, 0.6) is 0 Å². The number of esters is 1. The van der Waals surface area contributed by atoms with E-state index in [0.29, 0.717) is 11.5 Å². The SMILES string of the molecule is CC(C)Cc1ccc(C(C)(C(=O)OCC(F)(F)F)N(C)C)cc1. The first-order valence-corrected chi connectivity index (χ1v) is 7.47. The molecule has 1 aromatic rings. The third-order valence-corrected chi connectivity index (χ3v) is 3.82. The van der Waals surface area contributed by atoms with E-state index in [4.69, 9.17) is 0 Å². The lowest BCUT2D eigenvalue weighted by Crippen LogP contribution is -2.47. The summed E-state index contributed by atoms with van der Waals surface area (Å²) >= 11 is 0. The van der Waals surface area contributed by atoms with Crippen LogP contribution in [0.15, 0.2) is 24.3 Å². The largest absolute Gasteiger partial charge is 0.454 e. The highest BCUT2D eigenvalue weighted by atomic mass is 19.4. The van der Waals surface area contributed by atoms with Crippen LogP contribution in [0.1, 0.15) is 31.9 Å². The first-order valence-electron chi connectivity index (χ1n) is 7.47. The molecule has 1 atom stereocenters. The summed E-state index contributed by atoms with van der Waals surface area (Å²) in [7, 11) is 3.27. The van der Waals surface area contributed by atoms with Crippen LogP contribution >= 0.6 is 0 Å². The Kier molecular flexibility index (Phi) is 6.22. The summed E-state index contributed by atoms with van der Waals surface area (Å²) in [5, 5.41) is 0. The van der Waals surface area contributed by atoms with Gasteiger partial charge in [0.05, 0.1) is 0 Å². The maximum atomic E-state index is 12.3. The number of rotatable bonds is 6. The number of ether oxygens (including phenoxy) is 1. The van der Waals surface area contributed by atoms with E-state index in [1.54, 1.807) is 38.1 Å². The quantitative estimate of drug-likeness (QED) is 0.743. The number of hydrogen-bond acceptors (Lipinski definition) is 3. The number of carbonyl (C=O) groups is 1. The van der Waals surface area contributed by atoms with Crippen molar-refractivity contribution >= 4 is 5.97 Å². The van der Waals surface area contributed by atoms with Crippen molar-refractivity contribution in [3.8, 4) is 0 Å². The van der Waals surface area contributed by atoms with Gasteiger partial charge in [0.1, 0.15) is 5.54 Å². The molecule has 0 aromatic heterocycles. The summed E-state index contributed by atoms with van der Waals surface area (Å²) in [6.07, 6.45) is -3.64. The maximum Gasteiger partial charge on any atom is 0.422 e. The number of nitrogens with zero attached hydrogens (tertiary/aromatic N) is 1. The molecule has 3 nitrogen and oxygen atoms in total. The Bertz CT molecular complexity index is 524. The highest BCUT2D eigenvalue weighted by molar-refractivity contribution is 5.82. The van der Waals surface area contributed by atoms with E-state index in [1.165, 1.54) is 0 Å². The predicted octanol–water partition coefficient (Wildman–Crippen LogP) is 3.77. The van der Waals surface area contributed by atoms with E-state index < -0.39 is 24.3 Å². The molecule has 0 fully saturated rings. The van der Waals surface area contributed by atoms with Gasteiger partial charge in [-0.1, -0.05) is 38.1 Å². The molecule has 23 heavy (non-hydrogen) atoms. The van der Waals surface area contributed by atoms with Crippen molar-refractivity contribution in [2.45, 2.75) is 38.9 Å². The molecule has 6 heteroatoms. The van der Waals surface area contributed by atoms with Crippen molar-refractivity contribution in [2.75, 3.05) is 20.7 Å². The second-order valence-electron chi connectivity index (χ2n) is 6.45. The van der Waals surface area contributed by atoms with Gasteiger partial charge in [-0.05, 0) is 44.5 Å². The normalized spacial score (nSPS) is 14.9. The molecule has 0 spiro atoms. The summed E-state index contributed by atoms with van der Waals surface area (Å²) in [6, 6.07) is 7.33. The van der Waals surface area contributed by atoms with Crippen molar-refractivity contribution in [3.05, 3.63) is 35.4 Å². The lowest BCUT2D eigenvalue weighted by Gasteiger charge is -2.34. The topological polar surface area (TPSA) is 29.5 Å². The van der Waals surface area contributed by atoms with Gasteiger partial charge in [0.25, 0.3) is 0 Å². The second-order valence-corrected chi connectivity index (χ2v) is 6.45. The Balaban J connectivity index is 3.02. The molecule has 0 saturated carbocycles. The van der Waals surface area contributed by atoms with Crippen LogP contribution in [0.3, 0.4) is 0 Å². The van der Waals surface area contributed by atoms with Gasteiger partial charge >= 0.3 is 12.1 Å². The van der Waals surface area contributed by atoms with Crippen molar-refractivity contribution in [1.29, 1.82) is 0 Å². The molecule has 0 amide bonds. The first kappa shape index (κ1) is 19.5. The van der Waals surface area contributed by atoms with Crippen LogP contribution in [-0.4, -0.2) is 37.7 Å². The van der Waals surface area contributed by atoms with E-state index in [2.05, 4.69) is 18.6 Å². The summed E-state index contributed by atoms with van der Waals surface area (Å²) in [6.45, 7) is 4.18. The zero-order valence-electron chi connectivity index (χ0n) is 14.2. The minimum Gasteiger partial charge on any atom is -0.454 e. The van der Waals surface area contributed by atoms with Crippen molar-refractivity contribution < 1.29 is 22.7 Å². The predicted molar refractivity (Wildman–Crippen MR) is 83.0 cm³/mol. The van der Waals surface area contributed by atoms with Crippen LogP contribution in [0, 0.1) is 5.92 Å². The molecule has 0 aliphatic heterocycles. The number of hydrogen-bond donors (Lipinski definition) is 0.